The van der Waals surface area contributed by atoms with Crippen molar-refractivity contribution in [1.29, 1.82) is 0 Å². The summed E-state index contributed by atoms with van der Waals surface area (Å²) < 4.78 is 0. The van der Waals surface area contributed by atoms with Gasteiger partial charge >= 0.3 is 0 Å². The van der Waals surface area contributed by atoms with Crippen molar-refractivity contribution in [3.8, 4) is 0 Å². The van der Waals surface area contributed by atoms with Gasteiger partial charge in [-0.25, -0.2) is 0 Å². The predicted molar refractivity (Wildman–Crippen MR) is 39.2 cm³/mol. The molecule has 0 unspecified atom stereocenters. The number of hydrogen-bond donors (Lipinski definition) is 2. The summed E-state index contributed by atoms with van der Waals surface area (Å²) in [6.45, 7) is 6.45. The van der Waals surface area contributed by atoms with Crippen molar-refractivity contribution in [1.82, 2.24) is 5.32 Å². The molecule has 0 saturated carbocycles. The van der Waals surface area contributed by atoms with Gasteiger partial charge in [0.15, 0.2) is 0 Å². The summed E-state index contributed by atoms with van der Waals surface area (Å²) in [5, 5.41) is 3.37. The lowest BCUT2D eigenvalue weighted by molar-refractivity contribution is 0.402. The summed E-state index contributed by atoms with van der Waals surface area (Å²) in [6, 6.07) is 0.569. The van der Waals surface area contributed by atoms with Crippen molar-refractivity contribution in [3.63, 3.8) is 0 Å². The maximum absolute atomic E-state index is 5.49. The third kappa shape index (κ3) is 1.66. The average molecular weight is 128 g/mol. The van der Waals surface area contributed by atoms with Crippen molar-refractivity contribution in [2.24, 2.45) is 11.1 Å². The zero-order valence-corrected chi connectivity index (χ0v) is 6.28. The Bertz CT molecular complexity index is 99.1. The highest BCUT2D eigenvalue weighted by molar-refractivity contribution is 4.87. The first-order valence-electron chi connectivity index (χ1n) is 3.57. The van der Waals surface area contributed by atoms with Gasteiger partial charge in [-0.1, -0.05) is 13.8 Å². The van der Waals surface area contributed by atoms with Crippen molar-refractivity contribution < 1.29 is 0 Å². The second-order valence-corrected chi connectivity index (χ2v) is 3.68. The number of hydrogen-bond acceptors (Lipinski definition) is 2. The van der Waals surface area contributed by atoms with Crippen LogP contribution < -0.4 is 11.1 Å². The molecule has 1 aliphatic heterocycles. The molecule has 1 aliphatic rings. The minimum absolute atomic E-state index is 0.476. The lowest BCUT2D eigenvalue weighted by atomic mass is 9.91. The first kappa shape index (κ1) is 7.03. The van der Waals surface area contributed by atoms with Crippen LogP contribution in [0.15, 0.2) is 0 Å². The van der Waals surface area contributed by atoms with Crippen LogP contribution in [0.3, 0.4) is 0 Å². The van der Waals surface area contributed by atoms with Crippen LogP contribution in [-0.2, 0) is 0 Å². The molecule has 9 heavy (non-hydrogen) atoms. The lowest BCUT2D eigenvalue weighted by Crippen LogP contribution is -2.29. The van der Waals surface area contributed by atoms with Crippen LogP contribution in [0.5, 0.6) is 0 Å². The maximum Gasteiger partial charge on any atom is 0.0196 e. The predicted octanol–water partition coefficient (Wildman–Crippen LogP) is 0.333. The third-order valence-electron chi connectivity index (χ3n) is 1.95. The van der Waals surface area contributed by atoms with Gasteiger partial charge in [0.05, 0.1) is 0 Å². The highest BCUT2D eigenvalue weighted by atomic mass is 15.0. The number of rotatable bonds is 1. The molecule has 1 heterocycles. The average Bonchev–Trinajstić information content (AvgIpc) is 2.10. The normalized spacial score (nSPS) is 33.0. The van der Waals surface area contributed by atoms with Gasteiger partial charge in [0.2, 0.25) is 0 Å². The molecule has 54 valence electrons. The highest BCUT2D eigenvalue weighted by Crippen LogP contribution is 2.26. The molecule has 3 N–H and O–H groups in total. The zero-order valence-electron chi connectivity index (χ0n) is 6.28. The monoisotopic (exact) mass is 128 g/mol. The highest BCUT2D eigenvalue weighted by Gasteiger charge is 2.28. The smallest absolute Gasteiger partial charge is 0.0196 e. The Hall–Kier alpha value is -0.0800. The van der Waals surface area contributed by atoms with E-state index >= 15 is 0 Å². The summed E-state index contributed by atoms with van der Waals surface area (Å²) >= 11 is 0. The first-order chi connectivity index (χ1) is 4.14. The van der Waals surface area contributed by atoms with Gasteiger partial charge in [0.25, 0.3) is 0 Å². The molecule has 0 amide bonds. The van der Waals surface area contributed by atoms with Crippen LogP contribution in [0.1, 0.15) is 20.3 Å². The molecule has 0 radical (unpaired) electrons. The van der Waals surface area contributed by atoms with Crippen molar-refractivity contribution in [2.45, 2.75) is 26.3 Å². The van der Waals surface area contributed by atoms with Crippen LogP contribution >= 0.6 is 0 Å². The molecule has 2 nitrogen and oxygen atoms in total. The third-order valence-corrected chi connectivity index (χ3v) is 1.95. The van der Waals surface area contributed by atoms with Crippen LogP contribution in [-0.4, -0.2) is 19.1 Å². The van der Waals surface area contributed by atoms with Crippen LogP contribution in [0.25, 0.3) is 0 Å². The summed E-state index contributed by atoms with van der Waals surface area (Å²) in [7, 11) is 0. The molecule has 1 atom stereocenters. The van der Waals surface area contributed by atoms with Crippen molar-refractivity contribution >= 4 is 0 Å². The van der Waals surface area contributed by atoms with E-state index in [1.54, 1.807) is 0 Å². The molecule has 1 rings (SSSR count). The van der Waals surface area contributed by atoms with E-state index in [2.05, 4.69) is 19.2 Å². The van der Waals surface area contributed by atoms with Crippen LogP contribution in [0.2, 0.25) is 0 Å². The Labute approximate surface area is 56.8 Å². The minimum atomic E-state index is 0.476. The largest absolute Gasteiger partial charge is 0.329 e. The van der Waals surface area contributed by atoms with E-state index in [0.717, 1.165) is 13.1 Å². The summed E-state index contributed by atoms with van der Waals surface area (Å²) in [4.78, 5) is 0. The van der Waals surface area contributed by atoms with E-state index in [4.69, 9.17) is 5.73 Å². The minimum Gasteiger partial charge on any atom is -0.329 e. The molecule has 0 spiro atoms. The first-order valence-corrected chi connectivity index (χ1v) is 3.57. The second kappa shape index (κ2) is 2.27. The standard InChI is InChI=1S/C7H16N2/c1-7(2)3-6(4-8)9-5-7/h6,9H,3-5,8H2,1-2H3/t6-/m0/s1. The Morgan fingerprint density at radius 3 is 2.56 bits per heavy atom. The second-order valence-electron chi connectivity index (χ2n) is 3.68. The van der Waals surface area contributed by atoms with E-state index in [9.17, 15) is 0 Å². The number of nitrogens with one attached hydrogen (secondary N) is 1. The Morgan fingerprint density at radius 2 is 2.33 bits per heavy atom. The molecule has 1 saturated heterocycles. The zero-order chi connectivity index (χ0) is 6.91. The van der Waals surface area contributed by atoms with E-state index in [-0.39, 0.29) is 0 Å². The van der Waals surface area contributed by atoms with Crippen molar-refractivity contribution in [2.75, 3.05) is 13.1 Å². The van der Waals surface area contributed by atoms with Gasteiger partial charge in [-0.05, 0) is 11.8 Å². The summed E-state index contributed by atoms with van der Waals surface area (Å²) in [5.74, 6) is 0. The molecule has 0 aromatic heterocycles. The Kier molecular flexibility index (Phi) is 1.78. The molecule has 1 fully saturated rings. The van der Waals surface area contributed by atoms with E-state index in [1.807, 2.05) is 0 Å². The molecular formula is C7H16N2. The Morgan fingerprint density at radius 1 is 1.67 bits per heavy atom. The van der Waals surface area contributed by atoms with Gasteiger partial charge in [-0.2, -0.15) is 0 Å². The Balaban J connectivity index is 2.38. The topological polar surface area (TPSA) is 38.0 Å². The van der Waals surface area contributed by atoms with E-state index in [1.165, 1.54) is 6.42 Å². The van der Waals surface area contributed by atoms with Crippen LogP contribution in [0, 0.1) is 5.41 Å². The fraction of sp³-hybridized carbons (Fsp3) is 1.00. The lowest BCUT2D eigenvalue weighted by Gasteiger charge is -2.14. The van der Waals surface area contributed by atoms with Crippen molar-refractivity contribution in [3.05, 3.63) is 0 Å². The molecule has 0 aromatic carbocycles. The fourth-order valence-electron chi connectivity index (χ4n) is 1.40. The fourth-order valence-corrected chi connectivity index (χ4v) is 1.40. The van der Waals surface area contributed by atoms with E-state index in [0.29, 0.717) is 11.5 Å². The number of nitrogens with two attached hydrogens (primary N) is 1. The molecular weight excluding hydrogens is 112 g/mol. The molecule has 0 aromatic rings. The van der Waals surface area contributed by atoms with Gasteiger partial charge in [-0.3, -0.25) is 0 Å². The molecule has 0 bridgehead atoms. The maximum atomic E-state index is 5.49. The SMILES string of the molecule is CC1(C)CN[C@H](CN)C1. The van der Waals surface area contributed by atoms with Gasteiger partial charge in [0.1, 0.15) is 0 Å². The summed E-state index contributed by atoms with van der Waals surface area (Å²) in [6.07, 6.45) is 1.23. The van der Waals surface area contributed by atoms with Gasteiger partial charge in [-0.15, -0.1) is 0 Å². The van der Waals surface area contributed by atoms with E-state index < -0.39 is 0 Å². The molecule has 0 aliphatic carbocycles. The summed E-state index contributed by atoms with van der Waals surface area (Å²) in [5.41, 5.74) is 5.97. The van der Waals surface area contributed by atoms with Crippen LogP contribution in [0.4, 0.5) is 0 Å². The molecule has 2 heteroatoms. The van der Waals surface area contributed by atoms with Gasteiger partial charge in [0, 0.05) is 19.1 Å². The quantitative estimate of drug-likeness (QED) is 0.534. The van der Waals surface area contributed by atoms with Gasteiger partial charge < -0.3 is 11.1 Å².